The average molecular weight is 1730 g/mol. The first-order valence-electron chi connectivity index (χ1n) is 43.8. The predicted octanol–water partition coefficient (Wildman–Crippen LogP) is 17.3. The van der Waals surface area contributed by atoms with E-state index in [-0.39, 0.29) is 145 Å². The van der Waals surface area contributed by atoms with Crippen LogP contribution in [0.25, 0.3) is 0 Å². The van der Waals surface area contributed by atoms with Gasteiger partial charge in [0.1, 0.15) is 5.78 Å². The number of benzene rings is 3. The molecule has 3 aromatic carbocycles. The molecule has 22 nitrogen and oxygen atoms in total. The molecule has 2 heterocycles. The second-order valence-electron chi connectivity index (χ2n) is 34.3. The number of imide groups is 1. The molecule has 0 radical (unpaired) electrons. The number of amides is 7. The van der Waals surface area contributed by atoms with Crippen molar-refractivity contribution < 1.29 is 72.1 Å². The summed E-state index contributed by atoms with van der Waals surface area (Å²) in [6.07, 6.45) is 7.85. The number of rotatable bonds is 50. The molecule has 120 heavy (non-hydrogen) atoms. The van der Waals surface area contributed by atoms with Crippen molar-refractivity contribution in [2.75, 3.05) is 77.1 Å². The molecule has 2 fully saturated rings. The van der Waals surface area contributed by atoms with Crippen molar-refractivity contribution in [2.45, 2.75) is 295 Å². The average Bonchev–Trinajstić information content (AvgIpc) is 1.36. The predicted molar refractivity (Wildman–Crippen MR) is 494 cm³/mol. The highest BCUT2D eigenvalue weighted by Gasteiger charge is 2.45. The Morgan fingerprint density at radius 2 is 1.29 bits per heavy atom. The molecule has 25 heteroatoms. The first-order valence-corrected chi connectivity index (χ1v) is 46.4. The molecule has 0 aromatic heterocycles. The van der Waals surface area contributed by atoms with E-state index in [2.05, 4.69) is 64.8 Å². The lowest BCUT2D eigenvalue weighted by atomic mass is 9.83. The molecule has 0 spiro atoms. The first kappa shape index (κ1) is 112. The van der Waals surface area contributed by atoms with Crippen LogP contribution in [0.15, 0.2) is 84.9 Å². The normalized spacial score (nSPS) is 16.6. The van der Waals surface area contributed by atoms with E-state index in [1.165, 1.54) is 28.0 Å². The highest BCUT2D eigenvalue weighted by molar-refractivity contribution is 8.13. The van der Waals surface area contributed by atoms with Gasteiger partial charge in [-0.05, 0) is 161 Å². The Balaban J connectivity index is 0.00000102. The summed E-state index contributed by atoms with van der Waals surface area (Å²) in [6, 6.07) is 24.1. The zero-order chi connectivity index (χ0) is 89.6. The van der Waals surface area contributed by atoms with E-state index in [1.807, 2.05) is 152 Å². The fourth-order valence-electron chi connectivity index (χ4n) is 14.9. The molecule has 5 rings (SSSR count). The number of nitrogens with zero attached hydrogens (tertiary/aromatic N) is 4. The lowest BCUT2D eigenvalue weighted by Gasteiger charge is -2.41. The molecule has 0 saturated carbocycles. The molecule has 3 aromatic rings. The van der Waals surface area contributed by atoms with E-state index in [0.717, 1.165) is 84.3 Å². The van der Waals surface area contributed by atoms with Crippen molar-refractivity contribution in [1.29, 1.82) is 0 Å². The van der Waals surface area contributed by atoms with Crippen LogP contribution in [-0.2, 0) is 68.6 Å². The van der Waals surface area contributed by atoms with Crippen molar-refractivity contribution in [3.63, 3.8) is 0 Å². The van der Waals surface area contributed by atoms with Crippen LogP contribution in [0.4, 0.5) is 10.5 Å². The third kappa shape index (κ3) is 40.9. The number of aryl methyl sites for hydroxylation is 1. The lowest BCUT2D eigenvalue weighted by molar-refractivity contribution is -0.149. The van der Waals surface area contributed by atoms with Crippen molar-refractivity contribution >= 4 is 106 Å². The highest BCUT2D eigenvalue weighted by atomic mass is 32.2. The second kappa shape index (κ2) is 61.0. The summed E-state index contributed by atoms with van der Waals surface area (Å²) in [7, 11) is 6.40. The largest absolute Gasteiger partial charge is 0.450 e. The number of likely N-dealkylation sites (tertiary alicyclic amines) is 2. The number of likely N-dealkylation sites (N-methyl/N-ethyl adjacent to an activating group) is 2. The lowest BCUT2D eigenvalue weighted by Crippen LogP contribution is -2.54. The van der Waals surface area contributed by atoms with Crippen LogP contribution in [0.2, 0.25) is 0 Å². The topological polar surface area (TPSA) is 299 Å². The number of hydrogen-bond acceptors (Lipinski definition) is 19. The number of ether oxygens (including phenoxy) is 3. The van der Waals surface area contributed by atoms with Crippen molar-refractivity contribution in [3.05, 3.63) is 102 Å². The van der Waals surface area contributed by atoms with E-state index in [9.17, 15) is 57.8 Å². The Hall–Kier alpha value is -6.48. The number of ketones is 3. The summed E-state index contributed by atoms with van der Waals surface area (Å²) in [5.74, 6) is 1.08. The summed E-state index contributed by atoms with van der Waals surface area (Å²) in [6.45, 7) is 35.2. The first-order chi connectivity index (χ1) is 56.3. The molecular formula is C95H157N7O15S3. The number of nitrogens with one attached hydrogen (secondary N) is 2. The third-order valence-electron chi connectivity index (χ3n) is 22.4. The molecule has 2 aliphatic heterocycles. The number of nitrogens with two attached hydrogens (primary N) is 1. The van der Waals surface area contributed by atoms with Crippen molar-refractivity contribution in [3.8, 4) is 0 Å². The number of thioether (sulfide) groups is 2. The zero-order valence-corrected chi connectivity index (χ0v) is 78.7. The zero-order valence-electron chi connectivity index (χ0n) is 76.2. The number of aliphatic hydroxyl groups excluding tert-OH is 1. The van der Waals surface area contributed by atoms with Gasteiger partial charge < -0.3 is 50.4 Å². The summed E-state index contributed by atoms with van der Waals surface area (Å²) < 4.78 is 17.2. The molecule has 7 amide bonds. The standard InChI is InChI=1S/C44H73N3O9.C38H54N4O5S.C7H14OS.C5H12S.CH4/c1-14-29(7)40(45(10)43(52)33(27(3)4)25-36(49)39(28(5)6)46(11)44(53)56-15-2)37(54-12)26-38(50)47-23-19-22-34(47)42(55-13)31(9)35(48)24-30(8)41(51)32-20-17-16-18-21-32;1-27(2)20-23-48-34-26-36(45)42(38(34)47)22-11-5-8-15-35(44)41-32(24-29-12-6-4-7-13-29)33(43)25-30(14-9-10-21-39)37(46)40-31-18-16-28(3)17-19-31;1-6(2)4-5-9-7(3)8;1-5(2)3-4-6;/h16-18,20-21,27-31,33-34,37,39-42,51H,14-15,19,22-26H2,1-13H3;4,6-7,12-13,16-19,27,30,32,34H,5,8-11,14-15,20-26,39H2,1-3H3,(H,40,46)(H,41,44);6H,4-5H2,1-3H3;5-6H,3-4H2,1-2H3;1H4/t29-,30-,31-,33-,34-,37+,39-,40-,41+,42+;30-,32+,34?;;;/m01.../s1. The molecular weight excluding hydrogens is 1580 g/mol. The van der Waals surface area contributed by atoms with Gasteiger partial charge in [-0.15, -0.1) is 11.8 Å². The number of Topliss-reactive ketones (excluding diaryl/α,β-unsaturated/α-hetero) is 3. The van der Waals surface area contributed by atoms with E-state index >= 15 is 0 Å². The molecule has 5 N–H and O–H groups in total. The van der Waals surface area contributed by atoms with Crippen LogP contribution in [0.3, 0.4) is 0 Å². The Morgan fingerprint density at radius 3 is 1.82 bits per heavy atom. The number of aliphatic hydroxyl groups is 1. The van der Waals surface area contributed by atoms with Crippen molar-refractivity contribution in [2.24, 2.45) is 64.9 Å². The Morgan fingerprint density at radius 1 is 0.683 bits per heavy atom. The third-order valence-corrected chi connectivity index (χ3v) is 24.7. The molecule has 2 saturated heterocycles. The molecule has 2 aliphatic rings. The van der Waals surface area contributed by atoms with Gasteiger partial charge in [0.2, 0.25) is 35.4 Å². The minimum Gasteiger partial charge on any atom is -0.450 e. The molecule has 0 bridgehead atoms. The van der Waals surface area contributed by atoms with Crippen LogP contribution in [0.5, 0.6) is 0 Å². The second-order valence-corrected chi connectivity index (χ2v) is 37.3. The smallest absolute Gasteiger partial charge is 0.410 e. The number of methoxy groups -OCH3 is 2. The molecule has 680 valence electrons. The van der Waals surface area contributed by atoms with Gasteiger partial charge >= 0.3 is 6.09 Å². The van der Waals surface area contributed by atoms with Crippen molar-refractivity contribution in [1.82, 2.24) is 24.9 Å². The van der Waals surface area contributed by atoms with Crippen LogP contribution < -0.4 is 16.4 Å². The van der Waals surface area contributed by atoms with Gasteiger partial charge in [-0.25, -0.2) is 4.79 Å². The number of hydrogen-bond donors (Lipinski definition) is 5. The van der Waals surface area contributed by atoms with E-state index in [1.54, 1.807) is 58.8 Å². The quantitative estimate of drug-likeness (QED) is 0.0199. The fraction of sp³-hybridized carbons (Fsp3) is 0.695. The van der Waals surface area contributed by atoms with Gasteiger partial charge in [0.25, 0.3) is 0 Å². The van der Waals surface area contributed by atoms with E-state index < -0.39 is 60.3 Å². The Bertz CT molecular complexity index is 3480. The number of anilines is 1. The maximum Gasteiger partial charge on any atom is 0.410 e. The summed E-state index contributed by atoms with van der Waals surface area (Å²) in [5.41, 5.74) is 9.14. The van der Waals surface area contributed by atoms with Gasteiger partial charge in [-0.1, -0.05) is 214 Å². The highest BCUT2D eigenvalue weighted by Crippen LogP contribution is 2.35. The number of thiol groups is 1. The minimum atomic E-state index is -0.779. The minimum absolute atomic E-state index is 0. The van der Waals surface area contributed by atoms with Crippen LogP contribution >= 0.6 is 36.2 Å². The van der Waals surface area contributed by atoms with E-state index in [0.29, 0.717) is 69.8 Å². The summed E-state index contributed by atoms with van der Waals surface area (Å²) in [4.78, 5) is 151. The van der Waals surface area contributed by atoms with Gasteiger partial charge in [0.05, 0.1) is 60.8 Å². The number of unbranched alkanes of at least 4 members (excludes halogenated alkanes) is 3. The monoisotopic (exact) mass is 1730 g/mol. The summed E-state index contributed by atoms with van der Waals surface area (Å²) in [5, 5.41) is 16.8. The van der Waals surface area contributed by atoms with Crippen LogP contribution in [-0.4, -0.2) is 202 Å². The maximum atomic E-state index is 14.4. The van der Waals surface area contributed by atoms with Gasteiger partial charge in [0, 0.05) is 110 Å². The Labute approximate surface area is 736 Å². The molecule has 1 unspecified atom stereocenters. The SMILES string of the molecule is C.CC(=O)SCCC(C)C.CC(C)CCS.CCOC(=O)N(C)[C@H](C(=O)C[C@H](C(=O)N(C)[C@@H]([C@@H](C)CC)[C@@H](CC(=O)N1CCC[C@H]1[C@H](OC)[C@@H](C)C(=O)C[C@H](C)[C@@H](O)c1ccccc1)OC)C(C)C)C(C)C.Cc1ccc(NC(=O)[C@H](CCCCN)CC(=O)[C@H](Cc2ccccc2)NC(=O)CCCCCN2C(=O)CC(SCCC(C)C)C2=O)cc1. The van der Waals surface area contributed by atoms with Crippen LogP contribution in [0.1, 0.15) is 257 Å². The van der Waals surface area contributed by atoms with Gasteiger partial charge in [-0.3, -0.25) is 52.8 Å². The summed E-state index contributed by atoms with van der Waals surface area (Å²) >= 11 is 7.06. The molecule has 13 atom stereocenters. The molecule has 0 aliphatic carbocycles. The van der Waals surface area contributed by atoms with Gasteiger partial charge in [0.15, 0.2) is 16.7 Å². The number of carbonyl (C=O) groups excluding carboxylic acids is 11. The Kier molecular flexibility index (Phi) is 56.7. The maximum absolute atomic E-state index is 14.4. The van der Waals surface area contributed by atoms with Gasteiger partial charge in [-0.2, -0.15) is 12.6 Å². The van der Waals surface area contributed by atoms with E-state index in [4.69, 9.17) is 19.9 Å². The van der Waals surface area contributed by atoms with Crippen LogP contribution in [0, 0.1) is 66.1 Å². The number of carbonyl (C=O) groups is 11. The fourth-order valence-corrected chi connectivity index (χ4v) is 17.7.